The molecule has 0 aliphatic carbocycles. The van der Waals surface area contributed by atoms with Gasteiger partial charge in [-0.15, -0.1) is 11.3 Å². The highest BCUT2D eigenvalue weighted by Crippen LogP contribution is 2.21. The minimum absolute atomic E-state index is 0.0775. The number of rotatable bonds is 6. The minimum Gasteiger partial charge on any atom is -0.464 e. The van der Waals surface area contributed by atoms with Crippen LogP contribution >= 0.6 is 11.3 Å². The third-order valence-electron chi connectivity index (χ3n) is 4.40. The summed E-state index contributed by atoms with van der Waals surface area (Å²) in [5, 5.41) is 6.81. The Labute approximate surface area is 204 Å². The maximum atomic E-state index is 12.6. The first-order valence-corrected chi connectivity index (χ1v) is 11.1. The summed E-state index contributed by atoms with van der Waals surface area (Å²) in [4.78, 5) is 52.9. The first kappa shape index (κ1) is 25.5. The number of anilines is 2. The van der Waals surface area contributed by atoms with Crippen molar-refractivity contribution in [1.82, 2.24) is 14.1 Å². The van der Waals surface area contributed by atoms with E-state index in [-0.39, 0.29) is 28.0 Å². The zero-order chi connectivity index (χ0) is 25.9. The van der Waals surface area contributed by atoms with Crippen LogP contribution in [0.3, 0.4) is 0 Å². The molecule has 3 aromatic rings. The van der Waals surface area contributed by atoms with Gasteiger partial charge in [0.2, 0.25) is 0 Å². The van der Waals surface area contributed by atoms with Crippen LogP contribution in [0.25, 0.3) is 0 Å². The first-order valence-electron chi connectivity index (χ1n) is 10.3. The maximum absolute atomic E-state index is 12.6. The summed E-state index contributed by atoms with van der Waals surface area (Å²) in [6, 6.07) is 2.83. The van der Waals surface area contributed by atoms with Gasteiger partial charge >= 0.3 is 18.0 Å². The van der Waals surface area contributed by atoms with Crippen molar-refractivity contribution in [2.45, 2.75) is 26.4 Å². The van der Waals surface area contributed by atoms with E-state index in [0.29, 0.717) is 5.69 Å². The molecule has 0 unspecified atom stereocenters. The number of thiazole rings is 1. The van der Waals surface area contributed by atoms with Crippen LogP contribution < -0.4 is 15.4 Å². The lowest BCUT2D eigenvalue weighted by molar-refractivity contribution is 0.0586. The lowest BCUT2D eigenvalue weighted by Gasteiger charge is -2.18. The number of carbonyl (C=O) groups is 4. The van der Waals surface area contributed by atoms with Crippen molar-refractivity contribution in [2.24, 2.45) is 14.1 Å². The molecule has 0 bridgehead atoms. The predicted molar refractivity (Wildman–Crippen MR) is 127 cm³/mol. The molecular weight excluding hydrogens is 478 g/mol. The van der Waals surface area contributed by atoms with Crippen LogP contribution in [0.2, 0.25) is 0 Å². The van der Waals surface area contributed by atoms with Gasteiger partial charge in [0.25, 0.3) is 5.91 Å². The summed E-state index contributed by atoms with van der Waals surface area (Å²) >= 11 is 1.07. The topological polar surface area (TPSA) is 143 Å². The van der Waals surface area contributed by atoms with Gasteiger partial charge in [0.15, 0.2) is 5.13 Å². The molecule has 3 heterocycles. The number of ether oxygens (including phenoxy) is 3. The second-order valence-corrected chi connectivity index (χ2v) is 9.25. The van der Waals surface area contributed by atoms with Gasteiger partial charge < -0.3 is 28.7 Å². The van der Waals surface area contributed by atoms with E-state index in [4.69, 9.17) is 9.47 Å². The third kappa shape index (κ3) is 6.47. The van der Waals surface area contributed by atoms with E-state index < -0.39 is 29.5 Å². The van der Waals surface area contributed by atoms with Gasteiger partial charge in [-0.25, -0.2) is 19.4 Å². The van der Waals surface area contributed by atoms with Gasteiger partial charge in [-0.3, -0.25) is 10.1 Å². The highest BCUT2D eigenvalue weighted by molar-refractivity contribution is 7.14. The van der Waals surface area contributed by atoms with E-state index in [0.717, 1.165) is 11.3 Å². The fourth-order valence-electron chi connectivity index (χ4n) is 2.91. The number of aromatic nitrogens is 3. The lowest BCUT2D eigenvalue weighted by Crippen LogP contribution is -2.27. The van der Waals surface area contributed by atoms with E-state index in [1.807, 2.05) is 0 Å². The van der Waals surface area contributed by atoms with Crippen LogP contribution in [0.15, 0.2) is 29.9 Å². The molecule has 0 aliphatic heterocycles. The average molecular weight is 504 g/mol. The van der Waals surface area contributed by atoms with Crippen molar-refractivity contribution < 1.29 is 33.4 Å². The molecule has 12 nitrogen and oxygen atoms in total. The van der Waals surface area contributed by atoms with Crippen molar-refractivity contribution in [1.29, 1.82) is 0 Å². The molecule has 2 amide bonds. The molecule has 2 N–H and O–H groups in total. The van der Waals surface area contributed by atoms with Gasteiger partial charge in [0.1, 0.15) is 28.4 Å². The number of nitrogens with one attached hydrogen (secondary N) is 2. The summed E-state index contributed by atoms with van der Waals surface area (Å²) in [7, 11) is 4.49. The molecule has 3 rings (SSSR count). The maximum Gasteiger partial charge on any atom is 0.413 e. The number of carbonyl (C=O) groups excluding carboxylic acids is 4. The molecule has 35 heavy (non-hydrogen) atoms. The molecule has 0 saturated heterocycles. The Hall–Kier alpha value is -4.13. The Morgan fingerprint density at radius 1 is 0.971 bits per heavy atom. The van der Waals surface area contributed by atoms with Crippen molar-refractivity contribution in [3.05, 3.63) is 47.0 Å². The van der Waals surface area contributed by atoms with E-state index >= 15 is 0 Å². The van der Waals surface area contributed by atoms with Crippen LogP contribution in [0, 0.1) is 0 Å². The number of hydrogen-bond acceptors (Lipinski definition) is 9. The zero-order valence-corrected chi connectivity index (χ0v) is 20.8. The Balaban J connectivity index is 1.64. The third-order valence-corrected chi connectivity index (χ3v) is 5.16. The summed E-state index contributed by atoms with van der Waals surface area (Å²) in [5.74, 6) is -1.62. The van der Waals surface area contributed by atoms with Crippen molar-refractivity contribution >= 4 is 46.1 Å². The van der Waals surface area contributed by atoms with Crippen LogP contribution in [0.1, 0.15) is 52.2 Å². The van der Waals surface area contributed by atoms with Crippen molar-refractivity contribution in [3.63, 3.8) is 0 Å². The van der Waals surface area contributed by atoms with Gasteiger partial charge in [0, 0.05) is 37.9 Å². The summed E-state index contributed by atoms with van der Waals surface area (Å²) in [6.07, 6.45) is 2.33. The Kier molecular flexibility index (Phi) is 7.29. The van der Waals surface area contributed by atoms with E-state index in [1.54, 1.807) is 34.9 Å². The molecule has 0 saturated carbocycles. The monoisotopic (exact) mass is 503 g/mol. The van der Waals surface area contributed by atoms with E-state index in [9.17, 15) is 19.2 Å². The fraction of sp³-hybridized carbons (Fsp3) is 0.318. The van der Waals surface area contributed by atoms with Gasteiger partial charge in [-0.05, 0) is 26.8 Å². The number of hydrogen-bond donors (Lipinski definition) is 2. The quantitative estimate of drug-likeness (QED) is 0.487. The van der Waals surface area contributed by atoms with E-state index in [2.05, 4.69) is 20.4 Å². The number of aryl methyl sites for hydroxylation is 2. The molecule has 0 aromatic carbocycles. The number of amides is 2. The largest absolute Gasteiger partial charge is 0.464 e. The number of esters is 2. The first-order chi connectivity index (χ1) is 16.4. The zero-order valence-electron chi connectivity index (χ0n) is 20.0. The second kappa shape index (κ2) is 10.0. The lowest BCUT2D eigenvalue weighted by atomic mass is 10.2. The SMILES string of the molecule is COC(=O)c1cc(OC(=O)c2cc(NC(=O)c3csc(NC(=O)OC(C)(C)C)n3)cn2C)cn1C. The van der Waals surface area contributed by atoms with E-state index in [1.165, 1.54) is 46.2 Å². The Bertz CT molecular complexity index is 1280. The van der Waals surface area contributed by atoms with Crippen LogP contribution in [-0.2, 0) is 23.6 Å². The second-order valence-electron chi connectivity index (χ2n) is 8.40. The summed E-state index contributed by atoms with van der Waals surface area (Å²) in [6.45, 7) is 5.20. The molecule has 13 heteroatoms. The minimum atomic E-state index is -0.687. The van der Waals surface area contributed by atoms with Crippen LogP contribution in [-0.4, -0.2) is 50.8 Å². The predicted octanol–water partition coefficient (Wildman–Crippen LogP) is 3.43. The molecule has 0 fully saturated rings. The van der Waals surface area contributed by atoms with Crippen LogP contribution in [0.4, 0.5) is 15.6 Å². The highest BCUT2D eigenvalue weighted by atomic mass is 32.1. The molecular formula is C22H25N5O7S. The molecule has 0 spiro atoms. The highest BCUT2D eigenvalue weighted by Gasteiger charge is 2.21. The molecule has 3 aromatic heterocycles. The molecule has 0 atom stereocenters. The smallest absolute Gasteiger partial charge is 0.413 e. The summed E-state index contributed by atoms with van der Waals surface area (Å²) in [5.41, 5.74) is 0.127. The van der Waals surface area contributed by atoms with Gasteiger partial charge in [-0.1, -0.05) is 0 Å². The standard InChI is InChI=1S/C22H25N5O7S/c1-22(2,3)34-21(31)25-20-24-14(11-35-20)17(28)23-12-7-15(26(4)9-12)19(30)33-13-8-16(18(29)32-6)27(5)10-13/h7-11H,1-6H3,(H,23,28)(H,24,25,31). The molecule has 0 radical (unpaired) electrons. The molecule has 186 valence electrons. The number of methoxy groups -OCH3 is 1. The van der Waals surface area contributed by atoms with Gasteiger partial charge in [0.05, 0.1) is 12.8 Å². The van der Waals surface area contributed by atoms with Crippen molar-refractivity contribution in [2.75, 3.05) is 17.7 Å². The van der Waals surface area contributed by atoms with Crippen molar-refractivity contribution in [3.8, 4) is 5.75 Å². The average Bonchev–Trinajstić information content (AvgIpc) is 3.45. The van der Waals surface area contributed by atoms with Gasteiger partial charge in [-0.2, -0.15) is 0 Å². The Morgan fingerprint density at radius 3 is 2.29 bits per heavy atom. The Morgan fingerprint density at radius 2 is 1.63 bits per heavy atom. The number of nitrogens with zero attached hydrogens (tertiary/aromatic N) is 3. The van der Waals surface area contributed by atoms with Crippen LogP contribution in [0.5, 0.6) is 5.75 Å². The molecule has 0 aliphatic rings. The normalized spacial score (nSPS) is 11.0. The fourth-order valence-corrected chi connectivity index (χ4v) is 3.59. The summed E-state index contributed by atoms with van der Waals surface area (Å²) < 4.78 is 18.2.